The molecular weight excluding hydrogens is 294 g/mol. The standard InChI is InChI=1S/C17H27N3OS/c1-13-3-4-15(22-13)16(21)19-14-5-9-20(10-6-14)12-17(2)7-8-18-11-17/h3-4,14,18H,5-12H2,1-2H3,(H,19,21). The SMILES string of the molecule is Cc1ccc(C(=O)NC2CCN(CC3(C)CCNC3)CC2)s1. The number of carbonyl (C=O) groups excluding carboxylic acids is 1. The van der Waals surface area contributed by atoms with Gasteiger partial charge in [0.15, 0.2) is 0 Å². The van der Waals surface area contributed by atoms with Crippen molar-refractivity contribution in [1.82, 2.24) is 15.5 Å². The molecular formula is C17H27N3OS. The minimum Gasteiger partial charge on any atom is -0.349 e. The van der Waals surface area contributed by atoms with Crippen LogP contribution in [0.2, 0.25) is 0 Å². The van der Waals surface area contributed by atoms with E-state index in [1.807, 2.05) is 19.1 Å². The summed E-state index contributed by atoms with van der Waals surface area (Å²) in [5, 5.41) is 6.68. The molecule has 3 rings (SSSR count). The highest BCUT2D eigenvalue weighted by atomic mass is 32.1. The normalized spacial score (nSPS) is 27.2. The Morgan fingerprint density at radius 2 is 2.23 bits per heavy atom. The summed E-state index contributed by atoms with van der Waals surface area (Å²) < 4.78 is 0. The zero-order valence-corrected chi connectivity index (χ0v) is 14.5. The van der Waals surface area contributed by atoms with Gasteiger partial charge in [0.1, 0.15) is 0 Å². The van der Waals surface area contributed by atoms with Gasteiger partial charge in [0.25, 0.3) is 5.91 Å². The molecule has 1 atom stereocenters. The number of piperidine rings is 1. The van der Waals surface area contributed by atoms with Crippen molar-refractivity contribution in [3.05, 3.63) is 21.9 Å². The number of aryl methyl sites for hydroxylation is 1. The Bertz CT molecular complexity index is 514. The maximum Gasteiger partial charge on any atom is 0.261 e. The van der Waals surface area contributed by atoms with Crippen LogP contribution in [0.5, 0.6) is 0 Å². The summed E-state index contributed by atoms with van der Waals surface area (Å²) in [6, 6.07) is 4.28. The predicted molar refractivity (Wildman–Crippen MR) is 91.6 cm³/mol. The van der Waals surface area contributed by atoms with Crippen LogP contribution in [0, 0.1) is 12.3 Å². The van der Waals surface area contributed by atoms with E-state index in [0.29, 0.717) is 11.5 Å². The third-order valence-electron chi connectivity index (χ3n) is 4.95. The zero-order chi connectivity index (χ0) is 15.6. The molecule has 0 bridgehead atoms. The Balaban J connectivity index is 1.44. The van der Waals surface area contributed by atoms with Crippen LogP contribution in [0.3, 0.4) is 0 Å². The van der Waals surface area contributed by atoms with E-state index in [1.54, 1.807) is 11.3 Å². The van der Waals surface area contributed by atoms with E-state index < -0.39 is 0 Å². The van der Waals surface area contributed by atoms with Gasteiger partial charge in [-0.1, -0.05) is 6.92 Å². The number of thiophene rings is 1. The van der Waals surface area contributed by atoms with Crippen molar-refractivity contribution < 1.29 is 4.79 Å². The Labute approximate surface area is 137 Å². The molecule has 2 saturated heterocycles. The van der Waals surface area contributed by atoms with Crippen LogP contribution >= 0.6 is 11.3 Å². The average molecular weight is 321 g/mol. The van der Waals surface area contributed by atoms with Crippen molar-refractivity contribution in [1.29, 1.82) is 0 Å². The third-order valence-corrected chi connectivity index (χ3v) is 5.95. The highest BCUT2D eigenvalue weighted by molar-refractivity contribution is 7.13. The van der Waals surface area contributed by atoms with Gasteiger partial charge in [0.05, 0.1) is 4.88 Å². The summed E-state index contributed by atoms with van der Waals surface area (Å²) in [4.78, 5) is 16.8. The Kier molecular flexibility index (Phi) is 4.85. The van der Waals surface area contributed by atoms with Crippen molar-refractivity contribution in [3.8, 4) is 0 Å². The fourth-order valence-electron chi connectivity index (χ4n) is 3.59. The van der Waals surface area contributed by atoms with E-state index in [2.05, 4.69) is 22.5 Å². The van der Waals surface area contributed by atoms with Gasteiger partial charge in [-0.15, -0.1) is 11.3 Å². The van der Waals surface area contributed by atoms with E-state index in [-0.39, 0.29) is 5.91 Å². The molecule has 2 N–H and O–H groups in total. The van der Waals surface area contributed by atoms with Gasteiger partial charge in [0, 0.05) is 37.1 Å². The van der Waals surface area contributed by atoms with Crippen molar-refractivity contribution in [2.45, 2.75) is 39.2 Å². The molecule has 122 valence electrons. The van der Waals surface area contributed by atoms with Crippen LogP contribution in [0.4, 0.5) is 0 Å². The molecule has 0 radical (unpaired) electrons. The lowest BCUT2D eigenvalue weighted by molar-refractivity contribution is 0.0895. The zero-order valence-electron chi connectivity index (χ0n) is 13.7. The van der Waals surface area contributed by atoms with Crippen molar-refractivity contribution in [2.75, 3.05) is 32.7 Å². The van der Waals surface area contributed by atoms with Crippen LogP contribution in [-0.4, -0.2) is 49.6 Å². The van der Waals surface area contributed by atoms with E-state index in [4.69, 9.17) is 0 Å². The molecule has 0 saturated carbocycles. The first-order chi connectivity index (χ1) is 10.5. The molecule has 2 fully saturated rings. The molecule has 2 aliphatic heterocycles. The second-order valence-electron chi connectivity index (χ2n) is 7.17. The minimum atomic E-state index is 0.100. The lowest BCUT2D eigenvalue weighted by Crippen LogP contribution is -2.47. The summed E-state index contributed by atoms with van der Waals surface area (Å²) in [6.07, 6.45) is 3.42. The molecule has 22 heavy (non-hydrogen) atoms. The van der Waals surface area contributed by atoms with Gasteiger partial charge in [0.2, 0.25) is 0 Å². The Hall–Kier alpha value is -0.910. The predicted octanol–water partition coefficient (Wildman–Crippen LogP) is 2.25. The minimum absolute atomic E-state index is 0.100. The van der Waals surface area contributed by atoms with E-state index in [9.17, 15) is 4.79 Å². The highest BCUT2D eigenvalue weighted by Crippen LogP contribution is 2.27. The van der Waals surface area contributed by atoms with Gasteiger partial charge in [-0.05, 0) is 50.3 Å². The number of rotatable bonds is 4. The molecule has 4 nitrogen and oxygen atoms in total. The van der Waals surface area contributed by atoms with Crippen molar-refractivity contribution in [2.24, 2.45) is 5.41 Å². The van der Waals surface area contributed by atoms with Crippen LogP contribution in [0.25, 0.3) is 0 Å². The van der Waals surface area contributed by atoms with Gasteiger partial charge in [-0.25, -0.2) is 0 Å². The molecule has 2 aliphatic rings. The fraction of sp³-hybridized carbons (Fsp3) is 0.706. The van der Waals surface area contributed by atoms with Crippen LogP contribution in [0.1, 0.15) is 40.7 Å². The Morgan fingerprint density at radius 1 is 1.45 bits per heavy atom. The fourth-order valence-corrected chi connectivity index (χ4v) is 4.36. The number of likely N-dealkylation sites (tertiary alicyclic amines) is 1. The molecule has 3 heterocycles. The highest BCUT2D eigenvalue weighted by Gasteiger charge is 2.32. The van der Waals surface area contributed by atoms with Crippen LogP contribution in [0.15, 0.2) is 12.1 Å². The first-order valence-corrected chi connectivity index (χ1v) is 9.16. The second-order valence-corrected chi connectivity index (χ2v) is 8.46. The van der Waals surface area contributed by atoms with E-state index in [1.165, 1.54) is 17.8 Å². The van der Waals surface area contributed by atoms with Crippen LogP contribution in [-0.2, 0) is 0 Å². The Morgan fingerprint density at radius 3 is 2.82 bits per heavy atom. The average Bonchev–Trinajstić information content (AvgIpc) is 3.10. The lowest BCUT2D eigenvalue weighted by atomic mass is 9.88. The van der Waals surface area contributed by atoms with Crippen molar-refractivity contribution in [3.63, 3.8) is 0 Å². The first kappa shape index (κ1) is 16.0. The number of carbonyl (C=O) groups is 1. The van der Waals surface area contributed by atoms with E-state index >= 15 is 0 Å². The smallest absolute Gasteiger partial charge is 0.261 e. The third kappa shape index (κ3) is 3.89. The molecule has 1 amide bonds. The maximum absolute atomic E-state index is 12.2. The summed E-state index contributed by atoms with van der Waals surface area (Å²) in [7, 11) is 0. The summed E-state index contributed by atoms with van der Waals surface area (Å²) >= 11 is 1.58. The second kappa shape index (κ2) is 6.69. The summed E-state index contributed by atoms with van der Waals surface area (Å²) in [5.41, 5.74) is 0.435. The molecule has 0 spiro atoms. The lowest BCUT2D eigenvalue weighted by Gasteiger charge is -2.37. The number of hydrogen-bond acceptors (Lipinski definition) is 4. The molecule has 1 aromatic rings. The van der Waals surface area contributed by atoms with E-state index in [0.717, 1.165) is 43.9 Å². The van der Waals surface area contributed by atoms with Gasteiger partial charge < -0.3 is 15.5 Å². The van der Waals surface area contributed by atoms with Gasteiger partial charge in [-0.3, -0.25) is 4.79 Å². The maximum atomic E-state index is 12.2. The first-order valence-electron chi connectivity index (χ1n) is 8.34. The summed E-state index contributed by atoms with van der Waals surface area (Å²) in [6.45, 7) is 10.1. The van der Waals surface area contributed by atoms with Gasteiger partial charge >= 0.3 is 0 Å². The van der Waals surface area contributed by atoms with Crippen LogP contribution < -0.4 is 10.6 Å². The van der Waals surface area contributed by atoms with Crippen molar-refractivity contribution >= 4 is 17.2 Å². The monoisotopic (exact) mass is 321 g/mol. The summed E-state index contributed by atoms with van der Waals surface area (Å²) in [5.74, 6) is 0.100. The topological polar surface area (TPSA) is 44.4 Å². The number of nitrogens with one attached hydrogen (secondary N) is 2. The number of nitrogens with zero attached hydrogens (tertiary/aromatic N) is 1. The molecule has 5 heteroatoms. The molecule has 0 aromatic carbocycles. The molecule has 1 unspecified atom stereocenters. The molecule has 1 aromatic heterocycles. The largest absolute Gasteiger partial charge is 0.349 e. The van der Waals surface area contributed by atoms with Gasteiger partial charge in [-0.2, -0.15) is 0 Å². The quantitative estimate of drug-likeness (QED) is 0.894. The number of hydrogen-bond donors (Lipinski definition) is 2. The number of amides is 1. The molecule has 0 aliphatic carbocycles.